The van der Waals surface area contributed by atoms with Gasteiger partial charge in [-0.2, -0.15) is 13.7 Å². The first kappa shape index (κ1) is 30.9. The van der Waals surface area contributed by atoms with E-state index >= 15 is 0 Å². The summed E-state index contributed by atoms with van der Waals surface area (Å²) in [7, 11) is -3.73. The van der Waals surface area contributed by atoms with E-state index in [2.05, 4.69) is 35.8 Å². The summed E-state index contributed by atoms with van der Waals surface area (Å²) in [5.41, 5.74) is 1.57. The van der Waals surface area contributed by atoms with Gasteiger partial charge in [0.1, 0.15) is 23.8 Å². The molecule has 1 saturated heterocycles. The highest BCUT2D eigenvalue weighted by Gasteiger charge is 2.39. The van der Waals surface area contributed by atoms with Gasteiger partial charge in [0.2, 0.25) is 5.91 Å². The fourth-order valence-corrected chi connectivity index (χ4v) is 5.76. The molecule has 2 aromatic heterocycles. The second-order valence-corrected chi connectivity index (χ2v) is 12.5. The molecule has 2 aromatic carbocycles. The largest absolute Gasteiger partial charge is 0.368 e. The smallest absolute Gasteiger partial charge is 0.270 e. The number of aromatic amines is 1. The number of hydrogen-bond acceptors (Lipinski definition) is 9. The molecule has 12 nitrogen and oxygen atoms in total. The van der Waals surface area contributed by atoms with Crippen LogP contribution in [-0.2, 0) is 24.5 Å². The van der Waals surface area contributed by atoms with Crippen LogP contribution in [0.3, 0.4) is 0 Å². The van der Waals surface area contributed by atoms with Gasteiger partial charge in [-0.3, -0.25) is 13.8 Å². The van der Waals surface area contributed by atoms with E-state index < -0.39 is 28.0 Å². The lowest BCUT2D eigenvalue weighted by Gasteiger charge is -2.37. The van der Waals surface area contributed by atoms with Crippen molar-refractivity contribution in [2.75, 3.05) is 44.4 Å². The summed E-state index contributed by atoms with van der Waals surface area (Å²) in [6.07, 6.45) is 1.77. The first-order valence-corrected chi connectivity index (χ1v) is 16.0. The van der Waals surface area contributed by atoms with Crippen molar-refractivity contribution in [3.63, 3.8) is 0 Å². The van der Waals surface area contributed by atoms with Crippen LogP contribution in [0.15, 0.2) is 60.7 Å². The fraction of sp³-hybridized carbons (Fsp3) is 0.300. The van der Waals surface area contributed by atoms with Gasteiger partial charge in [-0.15, -0.1) is 0 Å². The molecule has 0 saturated carbocycles. The van der Waals surface area contributed by atoms with Crippen molar-refractivity contribution in [1.82, 2.24) is 25.2 Å². The summed E-state index contributed by atoms with van der Waals surface area (Å²) < 4.78 is 26.7. The molecule has 0 bridgehead atoms. The average Bonchev–Trinajstić information content (AvgIpc) is 3.47. The van der Waals surface area contributed by atoms with E-state index in [1.54, 1.807) is 17.0 Å². The third-order valence-electron chi connectivity index (χ3n) is 7.40. The second kappa shape index (κ2) is 13.0. The van der Waals surface area contributed by atoms with Crippen molar-refractivity contribution in [1.29, 1.82) is 5.26 Å². The number of nitrogens with zero attached hydrogens (tertiary/aromatic N) is 4. The number of aromatic nitrogens is 3. The lowest BCUT2D eigenvalue weighted by Crippen LogP contribution is -2.44. The van der Waals surface area contributed by atoms with Crippen molar-refractivity contribution >= 4 is 50.4 Å². The van der Waals surface area contributed by atoms with Gasteiger partial charge >= 0.3 is 0 Å². The number of H-pyrrole nitrogens is 1. The molecule has 14 heteroatoms. The Morgan fingerprint density at radius 2 is 1.80 bits per heavy atom. The number of likely N-dealkylation sites (tertiary alicyclic amines) is 1. The minimum atomic E-state index is -3.73. The predicted molar refractivity (Wildman–Crippen MR) is 166 cm³/mol. The SMILES string of the molecule is CS(=O)(=O)OCC(=O)NCCNc1nc(-c2ccccc2)nc2[nH]c(C(=O)N3CCC(C#N)(c4ccccc4Cl)CC3)cc12. The van der Waals surface area contributed by atoms with Crippen LogP contribution in [0.4, 0.5) is 5.82 Å². The quantitative estimate of drug-likeness (QED) is 0.174. The predicted octanol–water partition coefficient (Wildman–Crippen LogP) is 3.48. The molecule has 3 heterocycles. The van der Waals surface area contributed by atoms with Crippen LogP contribution < -0.4 is 10.6 Å². The molecular formula is C30H30ClN7O5S. The summed E-state index contributed by atoms with van der Waals surface area (Å²) in [6.45, 7) is 0.559. The maximum absolute atomic E-state index is 13.6. The number of nitriles is 1. The summed E-state index contributed by atoms with van der Waals surface area (Å²) in [4.78, 5) is 39.7. The number of anilines is 1. The standard InChI is InChI=1S/C30H30ClN7O5S/c1-44(41,42)43-18-25(39)33-13-14-34-27-21-17-24(35-28(21)37-26(36-27)20-7-3-2-4-8-20)29(40)38-15-11-30(19-32,12-16-38)22-9-5-6-10-23(22)31/h2-10,17H,11-16,18H2,1H3,(H,33,39)(H2,34,35,36,37). The zero-order chi connectivity index (χ0) is 31.3. The number of rotatable bonds is 10. The highest BCUT2D eigenvalue weighted by atomic mass is 35.5. The monoisotopic (exact) mass is 635 g/mol. The van der Waals surface area contributed by atoms with Gasteiger partial charge in [-0.1, -0.05) is 60.1 Å². The van der Waals surface area contributed by atoms with Crippen LogP contribution in [-0.4, -0.2) is 79.1 Å². The van der Waals surface area contributed by atoms with Gasteiger partial charge in [-0.25, -0.2) is 9.97 Å². The Labute approximate surface area is 259 Å². The molecule has 2 amide bonds. The number of halogens is 1. The molecule has 1 fully saturated rings. The lowest BCUT2D eigenvalue weighted by atomic mass is 9.74. The normalized spacial score (nSPS) is 14.6. The molecule has 44 heavy (non-hydrogen) atoms. The number of carbonyl (C=O) groups excluding carboxylic acids is 2. The molecule has 228 valence electrons. The average molecular weight is 636 g/mol. The van der Waals surface area contributed by atoms with Crippen molar-refractivity contribution in [3.8, 4) is 17.5 Å². The number of benzene rings is 2. The van der Waals surface area contributed by atoms with Crippen LogP contribution in [0.1, 0.15) is 28.9 Å². The van der Waals surface area contributed by atoms with Crippen LogP contribution in [0, 0.1) is 11.3 Å². The summed E-state index contributed by atoms with van der Waals surface area (Å²) >= 11 is 6.43. The Morgan fingerprint density at radius 3 is 2.48 bits per heavy atom. The Bertz CT molecular complexity index is 1830. The van der Waals surface area contributed by atoms with E-state index in [9.17, 15) is 23.3 Å². The number of hydrogen-bond donors (Lipinski definition) is 3. The highest BCUT2D eigenvalue weighted by Crippen LogP contribution is 2.39. The molecule has 3 N–H and O–H groups in total. The van der Waals surface area contributed by atoms with Gasteiger partial charge in [0, 0.05) is 36.8 Å². The van der Waals surface area contributed by atoms with E-state index in [-0.39, 0.29) is 19.0 Å². The molecule has 4 aromatic rings. The topological polar surface area (TPSA) is 170 Å². The first-order valence-electron chi connectivity index (χ1n) is 13.9. The minimum Gasteiger partial charge on any atom is -0.368 e. The van der Waals surface area contributed by atoms with Gasteiger partial charge in [0.15, 0.2) is 5.82 Å². The van der Waals surface area contributed by atoms with Crippen LogP contribution in [0.2, 0.25) is 5.02 Å². The number of piperidine rings is 1. The molecule has 0 aliphatic carbocycles. The first-order chi connectivity index (χ1) is 21.1. The molecule has 0 atom stereocenters. The lowest BCUT2D eigenvalue weighted by molar-refractivity contribution is -0.122. The van der Waals surface area contributed by atoms with E-state index in [0.717, 1.165) is 17.4 Å². The third-order valence-corrected chi connectivity index (χ3v) is 8.28. The maximum atomic E-state index is 13.6. The van der Waals surface area contributed by atoms with Crippen molar-refractivity contribution in [3.05, 3.63) is 76.9 Å². The van der Waals surface area contributed by atoms with E-state index in [1.807, 2.05) is 48.5 Å². The molecule has 0 radical (unpaired) electrons. The van der Waals surface area contributed by atoms with E-state index in [0.29, 0.717) is 59.3 Å². The molecular weight excluding hydrogens is 606 g/mol. The number of nitrogens with one attached hydrogen (secondary N) is 3. The van der Waals surface area contributed by atoms with Gasteiger partial charge in [0.25, 0.3) is 16.0 Å². The third kappa shape index (κ3) is 6.99. The summed E-state index contributed by atoms with van der Waals surface area (Å²) in [5, 5.41) is 17.0. The van der Waals surface area contributed by atoms with Crippen LogP contribution in [0.25, 0.3) is 22.4 Å². The van der Waals surface area contributed by atoms with Crippen LogP contribution >= 0.6 is 11.6 Å². The summed E-state index contributed by atoms with van der Waals surface area (Å²) in [5.74, 6) is 0.0790. The Balaban J connectivity index is 1.33. The van der Waals surface area contributed by atoms with E-state index in [1.165, 1.54) is 0 Å². The molecule has 1 aliphatic heterocycles. The van der Waals surface area contributed by atoms with Crippen molar-refractivity contribution < 1.29 is 22.2 Å². The zero-order valence-corrected chi connectivity index (χ0v) is 25.4. The van der Waals surface area contributed by atoms with Gasteiger partial charge in [-0.05, 0) is 30.5 Å². The van der Waals surface area contributed by atoms with Crippen molar-refractivity contribution in [2.45, 2.75) is 18.3 Å². The second-order valence-electron chi connectivity index (χ2n) is 10.4. The maximum Gasteiger partial charge on any atom is 0.270 e. The molecule has 0 unspecified atom stereocenters. The molecule has 1 aliphatic rings. The van der Waals surface area contributed by atoms with Crippen molar-refractivity contribution in [2.24, 2.45) is 0 Å². The number of fused-ring (bicyclic) bond motifs is 1. The van der Waals surface area contributed by atoms with Crippen LogP contribution in [0.5, 0.6) is 0 Å². The van der Waals surface area contributed by atoms with E-state index in [4.69, 9.17) is 11.6 Å². The minimum absolute atomic E-state index is 0.161. The highest BCUT2D eigenvalue weighted by molar-refractivity contribution is 7.86. The Morgan fingerprint density at radius 1 is 1.09 bits per heavy atom. The molecule has 0 spiro atoms. The number of amides is 2. The van der Waals surface area contributed by atoms with Gasteiger partial charge < -0.3 is 20.5 Å². The molecule has 5 rings (SSSR count). The summed E-state index contributed by atoms with van der Waals surface area (Å²) in [6, 6.07) is 20.8. The number of carbonyl (C=O) groups is 2. The Kier molecular flexibility index (Phi) is 9.14. The fourth-order valence-electron chi connectivity index (χ4n) is 5.12. The Hall–Kier alpha value is -4.51. The zero-order valence-electron chi connectivity index (χ0n) is 23.8. The van der Waals surface area contributed by atoms with Gasteiger partial charge in [0.05, 0.1) is 23.1 Å².